The van der Waals surface area contributed by atoms with E-state index in [0.29, 0.717) is 0 Å². The van der Waals surface area contributed by atoms with Gasteiger partial charge in [-0.25, -0.2) is 4.79 Å². The molecule has 0 aliphatic carbocycles. The number of nitrogens with zero attached hydrogens (tertiary/aromatic N) is 1. The molecule has 2 aromatic rings. The first-order chi connectivity index (χ1) is 12.4. The Morgan fingerprint density at radius 1 is 1.15 bits per heavy atom. The monoisotopic (exact) mass is 442 g/mol. The van der Waals surface area contributed by atoms with Crippen molar-refractivity contribution in [2.24, 2.45) is 0 Å². The number of aromatic hydroxyl groups is 1. The van der Waals surface area contributed by atoms with Crippen LogP contribution in [0.25, 0.3) is 0 Å². The predicted molar refractivity (Wildman–Crippen MR) is 93.0 cm³/mol. The number of nitro benzene ring substituents is 1. The number of anilines is 1. The normalized spacial score (nSPS) is 10.3. The van der Waals surface area contributed by atoms with Crippen LogP contribution in [-0.2, 0) is 8.53 Å². The molecule has 27 heavy (non-hydrogen) atoms. The molecule has 144 valence electrons. The SMILES string of the molecule is CC(=O)Nc1ccc([As](=O)(O)O)c(O)c1.O=C(O)c1ccccc1[N+](=O)[O-]. The number of carboxylic acids is 1. The van der Waals surface area contributed by atoms with Gasteiger partial charge in [-0.15, -0.1) is 0 Å². The summed E-state index contributed by atoms with van der Waals surface area (Å²) in [5, 5.41) is 30.5. The Bertz CT molecular complexity index is 890. The first-order valence-corrected chi connectivity index (χ1v) is 10.4. The molecular formula is C15H15AsN2O9. The first-order valence-electron chi connectivity index (χ1n) is 7.07. The van der Waals surface area contributed by atoms with Crippen molar-refractivity contribution in [2.45, 2.75) is 6.92 Å². The van der Waals surface area contributed by atoms with E-state index in [1.165, 1.54) is 31.2 Å². The van der Waals surface area contributed by atoms with Gasteiger partial charge in [-0.05, 0) is 6.07 Å². The van der Waals surface area contributed by atoms with Crippen molar-refractivity contribution >= 4 is 41.8 Å². The smallest absolute Gasteiger partial charge is 0.342 e. The average molecular weight is 442 g/mol. The Balaban J connectivity index is 0.000000277. The van der Waals surface area contributed by atoms with Gasteiger partial charge in [-0.2, -0.15) is 0 Å². The van der Waals surface area contributed by atoms with Gasteiger partial charge in [0.1, 0.15) is 5.56 Å². The van der Waals surface area contributed by atoms with E-state index in [1.807, 2.05) is 0 Å². The molecule has 0 saturated heterocycles. The van der Waals surface area contributed by atoms with Crippen molar-refractivity contribution in [3.8, 4) is 5.75 Å². The van der Waals surface area contributed by atoms with Gasteiger partial charge in [0.25, 0.3) is 5.69 Å². The van der Waals surface area contributed by atoms with E-state index in [9.17, 15) is 28.5 Å². The summed E-state index contributed by atoms with van der Waals surface area (Å²) in [6, 6.07) is 8.72. The zero-order valence-electron chi connectivity index (χ0n) is 13.8. The van der Waals surface area contributed by atoms with Gasteiger partial charge in [-0.3, -0.25) is 10.1 Å². The fourth-order valence-electron chi connectivity index (χ4n) is 1.86. The third-order valence-electron chi connectivity index (χ3n) is 2.94. The van der Waals surface area contributed by atoms with Crippen LogP contribution >= 0.6 is 0 Å². The van der Waals surface area contributed by atoms with Gasteiger partial charge in [0.2, 0.25) is 0 Å². The summed E-state index contributed by atoms with van der Waals surface area (Å²) >= 11 is -5.09. The molecule has 0 radical (unpaired) electrons. The van der Waals surface area contributed by atoms with E-state index >= 15 is 0 Å². The standard InChI is InChI=1S/C8H10AsNO5.C7H5NO4/c1-5(11)10-6-2-3-7(8(12)4-6)9(13,14)15;9-7(10)5-3-1-2-4-6(5)8(11)12/h2-4,12H,1H3,(H,10,11)(H2,13,14,15);1-4H,(H,9,10). The Morgan fingerprint density at radius 3 is 2.15 bits per heavy atom. The Labute approximate surface area is 155 Å². The largest absolute Gasteiger partial charge is 0.477 e. The van der Waals surface area contributed by atoms with Gasteiger partial charge >= 0.3 is 94.1 Å². The van der Waals surface area contributed by atoms with Gasteiger partial charge < -0.3 is 5.11 Å². The van der Waals surface area contributed by atoms with Crippen LogP contribution in [0.2, 0.25) is 0 Å². The minimum Gasteiger partial charge on any atom is -0.477 e. The van der Waals surface area contributed by atoms with Crippen LogP contribution in [0.3, 0.4) is 0 Å². The molecule has 0 aromatic heterocycles. The number of hydrogen-bond acceptors (Lipinski definition) is 6. The Morgan fingerprint density at radius 2 is 1.74 bits per heavy atom. The number of carbonyl (C=O) groups is 2. The number of aromatic carboxylic acids is 1. The van der Waals surface area contributed by atoms with Crippen LogP contribution in [0.15, 0.2) is 42.5 Å². The van der Waals surface area contributed by atoms with Crippen LogP contribution in [0.5, 0.6) is 5.75 Å². The predicted octanol–water partition coefficient (Wildman–Crippen LogP) is 0.205. The number of para-hydroxylation sites is 1. The molecule has 0 aliphatic heterocycles. The van der Waals surface area contributed by atoms with Crippen LogP contribution in [0.1, 0.15) is 17.3 Å². The molecule has 2 aromatic carbocycles. The molecule has 1 amide bonds. The van der Waals surface area contributed by atoms with E-state index in [-0.39, 0.29) is 22.8 Å². The minimum atomic E-state index is -5.09. The molecule has 11 nitrogen and oxygen atoms in total. The number of phenols is 1. The molecule has 12 heteroatoms. The van der Waals surface area contributed by atoms with Gasteiger partial charge in [0.15, 0.2) is 0 Å². The molecule has 0 heterocycles. The number of hydrogen-bond donors (Lipinski definition) is 5. The molecule has 0 fully saturated rings. The van der Waals surface area contributed by atoms with Crippen molar-refractivity contribution in [1.82, 2.24) is 0 Å². The minimum absolute atomic E-state index is 0.285. The van der Waals surface area contributed by atoms with Crippen LogP contribution in [0, 0.1) is 10.1 Å². The second kappa shape index (κ2) is 8.99. The quantitative estimate of drug-likeness (QED) is 0.250. The number of nitro groups is 1. The Kier molecular flexibility index (Phi) is 7.29. The van der Waals surface area contributed by atoms with Crippen molar-refractivity contribution in [3.63, 3.8) is 0 Å². The number of carboxylic acid groups (broad SMARTS) is 1. The summed E-state index contributed by atoms with van der Waals surface area (Å²) in [4.78, 5) is 30.6. The van der Waals surface area contributed by atoms with Crippen molar-refractivity contribution < 1.29 is 36.7 Å². The fourth-order valence-corrected chi connectivity index (χ4v) is 3.19. The van der Waals surface area contributed by atoms with E-state index in [0.717, 1.165) is 18.2 Å². The topological polar surface area (TPSA) is 187 Å². The van der Waals surface area contributed by atoms with E-state index in [2.05, 4.69) is 5.32 Å². The molecule has 0 atom stereocenters. The summed E-state index contributed by atoms with van der Waals surface area (Å²) < 4.78 is 28.2. The van der Waals surface area contributed by atoms with E-state index in [1.54, 1.807) is 0 Å². The number of carbonyl (C=O) groups excluding carboxylic acids is 1. The summed E-state index contributed by atoms with van der Waals surface area (Å²) in [5.41, 5.74) is -0.389. The maximum absolute atomic E-state index is 10.9. The number of amides is 1. The third kappa shape index (κ3) is 6.59. The van der Waals surface area contributed by atoms with Gasteiger partial charge in [0, 0.05) is 6.07 Å². The number of phenolic OH excluding ortho intramolecular Hbond substituents is 1. The second-order valence-corrected chi connectivity index (χ2v) is 8.30. The fraction of sp³-hybridized carbons (Fsp3) is 0.0667. The molecular weight excluding hydrogens is 427 g/mol. The van der Waals surface area contributed by atoms with Crippen molar-refractivity contribution in [1.29, 1.82) is 0 Å². The zero-order chi connectivity index (χ0) is 20.8. The molecule has 2 rings (SSSR count). The molecule has 5 N–H and O–H groups in total. The molecule has 0 saturated carbocycles. The van der Waals surface area contributed by atoms with Crippen LogP contribution in [-0.4, -0.2) is 49.4 Å². The summed E-state index contributed by atoms with van der Waals surface area (Å²) in [6.45, 7) is 1.29. The summed E-state index contributed by atoms with van der Waals surface area (Å²) in [5.74, 6) is -2.14. The van der Waals surface area contributed by atoms with Gasteiger partial charge in [0.05, 0.1) is 4.92 Å². The van der Waals surface area contributed by atoms with E-state index < -0.39 is 35.2 Å². The van der Waals surface area contributed by atoms with E-state index in [4.69, 9.17) is 13.3 Å². The van der Waals surface area contributed by atoms with Crippen LogP contribution in [0.4, 0.5) is 11.4 Å². The average Bonchev–Trinajstić information content (AvgIpc) is 2.53. The summed E-state index contributed by atoms with van der Waals surface area (Å²) in [7, 11) is 0. The van der Waals surface area contributed by atoms with Crippen molar-refractivity contribution in [2.75, 3.05) is 5.32 Å². The molecule has 0 bridgehead atoms. The maximum atomic E-state index is 10.9. The van der Waals surface area contributed by atoms with Gasteiger partial charge in [-0.1, -0.05) is 12.1 Å². The summed E-state index contributed by atoms with van der Waals surface area (Å²) in [6.07, 6.45) is 0. The van der Waals surface area contributed by atoms with Crippen LogP contribution < -0.4 is 9.67 Å². The number of nitrogens with one attached hydrogen (secondary N) is 1. The number of rotatable bonds is 4. The second-order valence-electron chi connectivity index (χ2n) is 5.01. The maximum Gasteiger partial charge on any atom is 0.342 e. The first kappa shape index (κ1) is 21.9. The number of benzene rings is 2. The van der Waals surface area contributed by atoms with Crippen molar-refractivity contribution in [3.05, 3.63) is 58.1 Å². The Hall–Kier alpha value is -3.14. The molecule has 0 aliphatic rings. The third-order valence-corrected chi connectivity index (χ3v) is 5.05. The molecule has 0 unspecified atom stereocenters. The zero-order valence-corrected chi connectivity index (χ0v) is 15.6. The molecule has 0 spiro atoms.